The molecular weight excluding hydrogens is 280 g/mol. The van der Waals surface area contributed by atoms with Gasteiger partial charge in [-0.3, -0.25) is 4.90 Å². The van der Waals surface area contributed by atoms with Gasteiger partial charge in [-0.25, -0.2) is 4.98 Å². The number of fused-ring (bicyclic) bond motifs is 1. The number of ether oxygens (including phenoxy) is 3. The molecule has 0 N–H and O–H groups in total. The average Bonchev–Trinajstić information content (AvgIpc) is 2.97. The van der Waals surface area contributed by atoms with E-state index in [-0.39, 0.29) is 12.2 Å². The normalized spacial score (nSPS) is 28.3. The summed E-state index contributed by atoms with van der Waals surface area (Å²) in [6, 6.07) is 4.45. The van der Waals surface area contributed by atoms with Crippen LogP contribution in [0.15, 0.2) is 31.0 Å². The molecule has 3 atom stereocenters. The molecule has 0 aromatic carbocycles. The largest absolute Gasteiger partial charge is 0.481 e. The van der Waals surface area contributed by atoms with E-state index in [1.54, 1.807) is 19.4 Å². The lowest BCUT2D eigenvalue weighted by Crippen LogP contribution is -2.51. The Labute approximate surface area is 131 Å². The van der Waals surface area contributed by atoms with Crippen LogP contribution in [0.25, 0.3) is 0 Å². The van der Waals surface area contributed by atoms with E-state index in [4.69, 9.17) is 14.2 Å². The van der Waals surface area contributed by atoms with Crippen molar-refractivity contribution in [2.24, 2.45) is 0 Å². The SMILES string of the molecule is C=CCO[C@H]1CC[C@H]2[C@H]1OCCN2Cc1cccnc1OC. The average molecular weight is 304 g/mol. The molecule has 2 fully saturated rings. The van der Waals surface area contributed by atoms with E-state index in [1.165, 1.54) is 0 Å². The summed E-state index contributed by atoms with van der Waals surface area (Å²) in [6.45, 7) is 6.84. The highest BCUT2D eigenvalue weighted by molar-refractivity contribution is 5.25. The van der Waals surface area contributed by atoms with E-state index in [9.17, 15) is 0 Å². The van der Waals surface area contributed by atoms with Crippen molar-refractivity contribution < 1.29 is 14.2 Å². The highest BCUT2D eigenvalue weighted by Gasteiger charge is 2.43. The van der Waals surface area contributed by atoms with Gasteiger partial charge >= 0.3 is 0 Å². The molecule has 0 bridgehead atoms. The number of rotatable bonds is 6. The van der Waals surface area contributed by atoms with Crippen LogP contribution in [0.3, 0.4) is 0 Å². The lowest BCUT2D eigenvalue weighted by atomic mass is 10.1. The summed E-state index contributed by atoms with van der Waals surface area (Å²) >= 11 is 0. The Morgan fingerprint density at radius 3 is 3.23 bits per heavy atom. The number of nitrogens with zero attached hydrogens (tertiary/aromatic N) is 2. The molecule has 2 heterocycles. The molecule has 1 aliphatic carbocycles. The third-order valence-corrected chi connectivity index (χ3v) is 4.50. The minimum atomic E-state index is 0.163. The van der Waals surface area contributed by atoms with Crippen LogP contribution in [0.4, 0.5) is 0 Å². The summed E-state index contributed by atoms with van der Waals surface area (Å²) in [5.74, 6) is 0.711. The third-order valence-electron chi connectivity index (χ3n) is 4.50. The Morgan fingerprint density at radius 2 is 2.41 bits per heavy atom. The number of hydrogen-bond donors (Lipinski definition) is 0. The first-order chi connectivity index (χ1) is 10.8. The van der Waals surface area contributed by atoms with Gasteiger partial charge in [-0.2, -0.15) is 0 Å². The Morgan fingerprint density at radius 1 is 1.50 bits per heavy atom. The minimum Gasteiger partial charge on any atom is -0.481 e. The molecule has 5 nitrogen and oxygen atoms in total. The molecule has 1 saturated heterocycles. The Kier molecular flexibility index (Phi) is 5.08. The summed E-state index contributed by atoms with van der Waals surface area (Å²) in [7, 11) is 1.67. The molecule has 0 radical (unpaired) electrons. The molecular formula is C17H24N2O3. The number of morpholine rings is 1. The molecule has 22 heavy (non-hydrogen) atoms. The van der Waals surface area contributed by atoms with Crippen molar-refractivity contribution in [3.05, 3.63) is 36.5 Å². The van der Waals surface area contributed by atoms with E-state index in [0.29, 0.717) is 18.5 Å². The van der Waals surface area contributed by atoms with Gasteiger partial charge in [-0.1, -0.05) is 12.1 Å². The number of methoxy groups -OCH3 is 1. The first-order valence-corrected chi connectivity index (χ1v) is 7.89. The highest BCUT2D eigenvalue weighted by atomic mass is 16.5. The first kappa shape index (κ1) is 15.5. The molecule has 0 unspecified atom stereocenters. The fraction of sp³-hybridized carbons (Fsp3) is 0.588. The number of hydrogen-bond acceptors (Lipinski definition) is 5. The number of aromatic nitrogens is 1. The van der Waals surface area contributed by atoms with Crippen LogP contribution in [0.2, 0.25) is 0 Å². The van der Waals surface area contributed by atoms with Crippen molar-refractivity contribution in [1.82, 2.24) is 9.88 Å². The van der Waals surface area contributed by atoms with Gasteiger partial charge in [0.25, 0.3) is 0 Å². The maximum atomic E-state index is 5.99. The summed E-state index contributed by atoms with van der Waals surface area (Å²) in [5, 5.41) is 0. The van der Waals surface area contributed by atoms with Gasteiger partial charge < -0.3 is 14.2 Å². The molecule has 120 valence electrons. The molecule has 5 heteroatoms. The lowest BCUT2D eigenvalue weighted by molar-refractivity contribution is -0.111. The summed E-state index contributed by atoms with van der Waals surface area (Å²) < 4.78 is 17.2. The van der Waals surface area contributed by atoms with E-state index in [0.717, 1.165) is 38.1 Å². The second-order valence-electron chi connectivity index (χ2n) is 5.78. The van der Waals surface area contributed by atoms with Crippen molar-refractivity contribution in [2.75, 3.05) is 26.9 Å². The van der Waals surface area contributed by atoms with Gasteiger partial charge in [0, 0.05) is 30.9 Å². The highest BCUT2D eigenvalue weighted by Crippen LogP contribution is 2.33. The van der Waals surface area contributed by atoms with Gasteiger partial charge in [0.05, 0.1) is 32.5 Å². The predicted molar refractivity (Wildman–Crippen MR) is 83.9 cm³/mol. The minimum absolute atomic E-state index is 0.163. The molecule has 1 aliphatic heterocycles. The van der Waals surface area contributed by atoms with Gasteiger partial charge in [0.2, 0.25) is 5.88 Å². The second-order valence-corrected chi connectivity index (χ2v) is 5.78. The Hall–Kier alpha value is -1.43. The van der Waals surface area contributed by atoms with Gasteiger partial charge in [0.15, 0.2) is 0 Å². The fourth-order valence-corrected chi connectivity index (χ4v) is 3.51. The van der Waals surface area contributed by atoms with Crippen molar-refractivity contribution in [1.29, 1.82) is 0 Å². The van der Waals surface area contributed by atoms with Crippen LogP contribution in [0, 0.1) is 0 Å². The zero-order valence-corrected chi connectivity index (χ0v) is 13.1. The van der Waals surface area contributed by atoms with Crippen LogP contribution in [-0.2, 0) is 16.0 Å². The van der Waals surface area contributed by atoms with Crippen LogP contribution in [0.1, 0.15) is 18.4 Å². The van der Waals surface area contributed by atoms with Crippen molar-refractivity contribution >= 4 is 0 Å². The molecule has 1 aromatic rings. The second kappa shape index (κ2) is 7.22. The quantitative estimate of drug-likeness (QED) is 0.752. The molecule has 1 aromatic heterocycles. The fourth-order valence-electron chi connectivity index (χ4n) is 3.51. The zero-order valence-electron chi connectivity index (χ0n) is 13.1. The van der Waals surface area contributed by atoms with Crippen LogP contribution in [-0.4, -0.2) is 55.0 Å². The van der Waals surface area contributed by atoms with Crippen molar-refractivity contribution in [2.45, 2.75) is 37.6 Å². The van der Waals surface area contributed by atoms with Crippen LogP contribution in [0.5, 0.6) is 5.88 Å². The topological polar surface area (TPSA) is 43.8 Å². The van der Waals surface area contributed by atoms with E-state index in [2.05, 4.69) is 22.5 Å². The molecule has 2 aliphatic rings. The predicted octanol–water partition coefficient (Wildman–Crippen LogP) is 2.02. The first-order valence-electron chi connectivity index (χ1n) is 7.89. The van der Waals surface area contributed by atoms with Gasteiger partial charge in [-0.05, 0) is 18.9 Å². The summed E-state index contributed by atoms with van der Waals surface area (Å²) in [4.78, 5) is 6.76. The van der Waals surface area contributed by atoms with E-state index >= 15 is 0 Å². The van der Waals surface area contributed by atoms with E-state index < -0.39 is 0 Å². The van der Waals surface area contributed by atoms with Gasteiger partial charge in [-0.15, -0.1) is 6.58 Å². The van der Waals surface area contributed by atoms with E-state index in [1.807, 2.05) is 6.07 Å². The Balaban J connectivity index is 1.68. The monoisotopic (exact) mass is 304 g/mol. The standard InChI is InChI=1S/C17H24N2O3/c1-3-10-21-15-7-6-14-16(15)22-11-9-19(14)12-13-5-4-8-18-17(13)20-2/h3-5,8,14-16H,1,6-7,9-12H2,2H3/t14-,15-,16+/m0/s1. The molecule has 0 spiro atoms. The van der Waals surface area contributed by atoms with Crippen molar-refractivity contribution in [3.8, 4) is 5.88 Å². The molecule has 1 saturated carbocycles. The maximum Gasteiger partial charge on any atom is 0.217 e. The van der Waals surface area contributed by atoms with Crippen LogP contribution >= 0.6 is 0 Å². The van der Waals surface area contributed by atoms with Gasteiger partial charge in [0.1, 0.15) is 0 Å². The molecule has 3 rings (SSSR count). The third kappa shape index (κ3) is 3.16. The molecule has 0 amide bonds. The summed E-state index contributed by atoms with van der Waals surface area (Å²) in [6.07, 6.45) is 6.06. The zero-order chi connectivity index (χ0) is 15.4. The number of pyridine rings is 1. The summed E-state index contributed by atoms with van der Waals surface area (Å²) in [5.41, 5.74) is 1.13. The van der Waals surface area contributed by atoms with Crippen molar-refractivity contribution in [3.63, 3.8) is 0 Å². The lowest BCUT2D eigenvalue weighted by Gasteiger charge is -2.39. The smallest absolute Gasteiger partial charge is 0.217 e. The maximum absolute atomic E-state index is 5.99. The Bertz CT molecular complexity index is 508. The van der Waals surface area contributed by atoms with Crippen LogP contribution < -0.4 is 4.74 Å².